The number of hydrogen-bond acceptors (Lipinski definition) is 7. The second-order valence-electron chi connectivity index (χ2n) is 11.9. The van der Waals surface area contributed by atoms with Crippen LogP contribution < -0.4 is 9.04 Å². The molecular formula is C33H36N4O6SSi. The first-order valence-electron chi connectivity index (χ1n) is 14.6. The van der Waals surface area contributed by atoms with Gasteiger partial charge >= 0.3 is 16.3 Å². The lowest BCUT2D eigenvalue weighted by Gasteiger charge is -2.24. The lowest BCUT2D eigenvalue weighted by molar-refractivity contribution is -0.123. The second kappa shape index (κ2) is 13.5. The number of benzene rings is 3. The SMILES string of the molecule is C[Si](C)(C)CCN1C(=O)CN(c2ccc(C=Cc3cnn(C(=O)OCc4ccccc4)c3)cc2OCc2ccccc2)S1(=O)=O. The predicted octanol–water partition coefficient (Wildman–Crippen LogP) is 6.05. The maximum Gasteiger partial charge on any atom is 0.435 e. The number of carbonyl (C=O) groups excluding carboxylic acids is 2. The number of rotatable bonds is 11. The van der Waals surface area contributed by atoms with Crippen molar-refractivity contribution in [3.05, 3.63) is 114 Å². The summed E-state index contributed by atoms with van der Waals surface area (Å²) in [5, 5.41) is 4.11. The summed E-state index contributed by atoms with van der Waals surface area (Å²) in [5.74, 6) is -0.129. The van der Waals surface area contributed by atoms with Crippen LogP contribution in [0.25, 0.3) is 12.2 Å². The number of amides is 1. The first-order valence-corrected chi connectivity index (χ1v) is 19.7. The van der Waals surface area contributed by atoms with Gasteiger partial charge < -0.3 is 9.47 Å². The van der Waals surface area contributed by atoms with Gasteiger partial charge in [-0.15, -0.1) is 0 Å². The molecule has 0 spiro atoms. The van der Waals surface area contributed by atoms with Crippen LogP contribution in [0.1, 0.15) is 22.3 Å². The van der Waals surface area contributed by atoms with E-state index in [9.17, 15) is 18.0 Å². The molecule has 0 bridgehead atoms. The van der Waals surface area contributed by atoms with Crippen molar-refractivity contribution in [1.29, 1.82) is 0 Å². The molecule has 3 aromatic carbocycles. The van der Waals surface area contributed by atoms with E-state index in [1.54, 1.807) is 42.7 Å². The first-order chi connectivity index (χ1) is 21.5. The Kier molecular flexibility index (Phi) is 9.54. The summed E-state index contributed by atoms with van der Waals surface area (Å²) >= 11 is 0. The number of hydrogen-bond donors (Lipinski definition) is 0. The fourth-order valence-corrected chi connectivity index (χ4v) is 7.21. The highest BCUT2D eigenvalue weighted by molar-refractivity contribution is 7.91. The van der Waals surface area contributed by atoms with E-state index < -0.39 is 30.3 Å². The summed E-state index contributed by atoms with van der Waals surface area (Å²) in [6.07, 6.45) is 6.08. The number of carbonyl (C=O) groups is 2. The maximum atomic E-state index is 13.6. The summed E-state index contributed by atoms with van der Waals surface area (Å²) in [6, 6.07) is 24.7. The van der Waals surface area contributed by atoms with Gasteiger partial charge in [0.05, 0.1) is 11.9 Å². The number of ether oxygens (including phenoxy) is 2. The van der Waals surface area contributed by atoms with Crippen LogP contribution in [-0.2, 0) is 33.0 Å². The van der Waals surface area contributed by atoms with Crippen molar-refractivity contribution in [2.75, 3.05) is 17.4 Å². The Labute approximate surface area is 264 Å². The smallest absolute Gasteiger partial charge is 0.435 e. The van der Waals surface area contributed by atoms with Crippen LogP contribution >= 0.6 is 0 Å². The van der Waals surface area contributed by atoms with Crippen LogP contribution in [0.4, 0.5) is 10.5 Å². The molecule has 4 aromatic rings. The molecule has 2 heterocycles. The van der Waals surface area contributed by atoms with E-state index in [1.165, 1.54) is 0 Å². The highest BCUT2D eigenvalue weighted by Crippen LogP contribution is 2.36. The predicted molar refractivity (Wildman–Crippen MR) is 177 cm³/mol. The molecule has 0 atom stereocenters. The minimum absolute atomic E-state index is 0.136. The van der Waals surface area contributed by atoms with Crippen molar-refractivity contribution in [2.45, 2.75) is 38.9 Å². The molecule has 0 unspecified atom stereocenters. The van der Waals surface area contributed by atoms with Crippen molar-refractivity contribution in [3.63, 3.8) is 0 Å². The molecule has 0 saturated carbocycles. The van der Waals surface area contributed by atoms with Gasteiger partial charge in [-0.05, 0) is 34.9 Å². The Hall–Kier alpha value is -4.68. The van der Waals surface area contributed by atoms with Crippen molar-refractivity contribution in [3.8, 4) is 5.75 Å². The van der Waals surface area contributed by atoms with E-state index in [1.807, 2.05) is 60.7 Å². The molecular weight excluding hydrogens is 609 g/mol. The molecule has 5 rings (SSSR count). The molecule has 1 aliphatic heterocycles. The van der Waals surface area contributed by atoms with Crippen LogP contribution in [0.3, 0.4) is 0 Å². The standard InChI is InChI=1S/C33H36N4O6SSi/c1-45(2,3)19-18-36-32(38)23-37(44(36,40)41)30-17-16-26(20-31(30)42-24-27-10-6-4-7-11-27)14-15-29-21-34-35(22-29)33(39)43-25-28-12-8-5-9-13-28/h4-17,20-22H,18-19,23-25H2,1-3H3. The van der Waals surface area contributed by atoms with E-state index in [-0.39, 0.29) is 26.3 Å². The quantitative estimate of drug-likeness (QED) is 0.183. The van der Waals surface area contributed by atoms with Crippen LogP contribution in [0.2, 0.25) is 25.7 Å². The molecule has 45 heavy (non-hydrogen) atoms. The molecule has 0 radical (unpaired) electrons. The van der Waals surface area contributed by atoms with Gasteiger partial charge in [0.25, 0.3) is 5.91 Å². The topological polar surface area (TPSA) is 111 Å². The Bertz CT molecular complexity index is 1790. The normalized spacial score (nSPS) is 14.7. The third-order valence-electron chi connectivity index (χ3n) is 7.13. The molecule has 0 N–H and O–H groups in total. The minimum atomic E-state index is -4.07. The second-order valence-corrected chi connectivity index (χ2v) is 19.3. The molecule has 1 fully saturated rings. The van der Waals surface area contributed by atoms with Crippen LogP contribution in [-0.4, -0.2) is 55.7 Å². The first kappa shape index (κ1) is 31.7. The third-order valence-corrected chi connectivity index (χ3v) is 10.7. The fourth-order valence-electron chi connectivity index (χ4n) is 4.61. The van der Waals surface area contributed by atoms with Gasteiger partial charge in [-0.3, -0.25) is 4.79 Å². The molecule has 1 saturated heterocycles. The Balaban J connectivity index is 1.35. The molecule has 1 amide bonds. The van der Waals surface area contributed by atoms with E-state index in [4.69, 9.17) is 9.47 Å². The average molecular weight is 645 g/mol. The number of anilines is 1. The lowest BCUT2D eigenvalue weighted by Crippen LogP contribution is -2.37. The third kappa shape index (κ3) is 8.08. The van der Waals surface area contributed by atoms with Gasteiger partial charge in [-0.25, -0.2) is 13.4 Å². The zero-order valence-electron chi connectivity index (χ0n) is 25.5. The van der Waals surface area contributed by atoms with Gasteiger partial charge in [0, 0.05) is 26.4 Å². The van der Waals surface area contributed by atoms with E-state index >= 15 is 0 Å². The van der Waals surface area contributed by atoms with Gasteiger partial charge in [0.15, 0.2) is 0 Å². The summed E-state index contributed by atoms with van der Waals surface area (Å²) < 4.78 is 41.9. The van der Waals surface area contributed by atoms with E-state index in [2.05, 4.69) is 24.7 Å². The maximum absolute atomic E-state index is 13.6. The highest BCUT2D eigenvalue weighted by atomic mass is 32.2. The van der Waals surface area contributed by atoms with Gasteiger partial charge in [0.1, 0.15) is 25.5 Å². The van der Waals surface area contributed by atoms with Gasteiger partial charge in [0.2, 0.25) is 0 Å². The van der Waals surface area contributed by atoms with Crippen molar-refractivity contribution in [1.82, 2.24) is 14.1 Å². The van der Waals surface area contributed by atoms with E-state index in [0.29, 0.717) is 23.0 Å². The molecule has 234 valence electrons. The summed E-state index contributed by atoms with van der Waals surface area (Å²) in [4.78, 5) is 25.3. The summed E-state index contributed by atoms with van der Waals surface area (Å²) in [6.45, 7) is 6.65. The molecule has 10 nitrogen and oxygen atoms in total. The molecule has 12 heteroatoms. The summed E-state index contributed by atoms with van der Waals surface area (Å²) in [5.41, 5.74) is 3.46. The van der Waals surface area contributed by atoms with Crippen LogP contribution in [0.15, 0.2) is 91.3 Å². The van der Waals surface area contributed by atoms with E-state index in [0.717, 1.165) is 30.0 Å². The number of nitrogens with zero attached hydrogens (tertiary/aromatic N) is 4. The highest BCUT2D eigenvalue weighted by Gasteiger charge is 2.43. The average Bonchev–Trinajstić information content (AvgIpc) is 3.58. The van der Waals surface area contributed by atoms with Crippen molar-refractivity contribution >= 4 is 48.1 Å². The zero-order chi connectivity index (χ0) is 32.0. The van der Waals surface area contributed by atoms with Crippen LogP contribution in [0, 0.1) is 0 Å². The Morgan fingerprint density at radius 2 is 1.56 bits per heavy atom. The monoisotopic (exact) mass is 644 g/mol. The van der Waals surface area contributed by atoms with Crippen molar-refractivity contribution < 1.29 is 27.5 Å². The zero-order valence-corrected chi connectivity index (χ0v) is 27.3. The molecule has 1 aromatic heterocycles. The number of aromatic nitrogens is 2. The Morgan fingerprint density at radius 3 is 2.22 bits per heavy atom. The Morgan fingerprint density at radius 1 is 0.911 bits per heavy atom. The van der Waals surface area contributed by atoms with Crippen LogP contribution in [0.5, 0.6) is 5.75 Å². The van der Waals surface area contributed by atoms with Gasteiger partial charge in [-0.2, -0.15) is 18.2 Å². The largest absolute Gasteiger partial charge is 0.487 e. The lowest BCUT2D eigenvalue weighted by atomic mass is 10.1. The van der Waals surface area contributed by atoms with Crippen molar-refractivity contribution in [2.24, 2.45) is 0 Å². The molecule has 1 aliphatic rings. The fraction of sp³-hybridized carbons (Fsp3) is 0.242. The molecule has 0 aliphatic carbocycles. The van der Waals surface area contributed by atoms with Gasteiger partial charge in [-0.1, -0.05) is 98.5 Å². The minimum Gasteiger partial charge on any atom is -0.487 e. The summed E-state index contributed by atoms with van der Waals surface area (Å²) in [7, 11) is -5.66.